The molecule has 198 valence electrons. The minimum atomic E-state index is -4.24. The summed E-state index contributed by atoms with van der Waals surface area (Å²) in [4.78, 5) is 25.2. The molecule has 2 aliphatic heterocycles. The Morgan fingerprint density at radius 1 is 1.22 bits per heavy atom. The third kappa shape index (κ3) is 3.45. The summed E-state index contributed by atoms with van der Waals surface area (Å²) in [7, 11) is 0. The van der Waals surface area contributed by atoms with Crippen LogP contribution in [0.15, 0.2) is 10.5 Å². The van der Waals surface area contributed by atoms with Crippen LogP contribution in [-0.4, -0.2) is 46.8 Å². The minimum absolute atomic E-state index is 0.0229. The van der Waals surface area contributed by atoms with E-state index in [1.165, 1.54) is 0 Å². The van der Waals surface area contributed by atoms with Crippen molar-refractivity contribution in [2.75, 3.05) is 16.8 Å². The average molecular weight is 546 g/mol. The Balaban J connectivity index is 1.12. The Morgan fingerprint density at radius 2 is 1.92 bits per heavy atom. The highest BCUT2D eigenvalue weighted by atomic mass is 35.5. The van der Waals surface area contributed by atoms with Crippen molar-refractivity contribution < 1.29 is 36.0 Å². The van der Waals surface area contributed by atoms with Crippen molar-refractivity contribution in [1.29, 1.82) is 0 Å². The molecular formula is C23H21ClF5N5O3. The van der Waals surface area contributed by atoms with E-state index in [1.807, 2.05) is 0 Å². The van der Waals surface area contributed by atoms with E-state index in [1.54, 1.807) is 11.8 Å². The molecule has 2 bridgehead atoms. The fourth-order valence-corrected chi connectivity index (χ4v) is 6.42. The molecule has 2 aromatic rings. The second-order valence-corrected chi connectivity index (χ2v) is 10.9. The van der Waals surface area contributed by atoms with Gasteiger partial charge in [0.2, 0.25) is 17.7 Å². The smallest absolute Gasteiger partial charge is 0.394 e. The van der Waals surface area contributed by atoms with Crippen LogP contribution in [0.1, 0.15) is 56.4 Å². The Labute approximate surface area is 211 Å². The first-order chi connectivity index (χ1) is 17.3. The minimum Gasteiger partial charge on any atom is -0.408 e. The standard InChI is InChI=1S/C23H21ClF5N5O3/c1-9-12(30-20-33-32-19(37-20)21-6-22(7-21,8-21)23(27,28)29)5-34(9)13-4-11(25)15(17(26)16(13)24)10-2-3-14(35)31-18(10)36/h4,9-10,12H,2-3,5-8H2,1H3,(H,30,33)(H,31,35,36)/t9-,10-,12+,21?,22?/m1/s1. The molecular weight excluding hydrogens is 525 g/mol. The quantitative estimate of drug-likeness (QED) is 0.330. The van der Waals surface area contributed by atoms with Crippen LogP contribution >= 0.6 is 11.6 Å². The molecule has 3 atom stereocenters. The third-order valence-electron chi connectivity index (χ3n) is 8.36. The molecule has 37 heavy (non-hydrogen) atoms. The van der Waals surface area contributed by atoms with Crippen LogP contribution in [0.5, 0.6) is 0 Å². The van der Waals surface area contributed by atoms with Gasteiger partial charge in [-0.25, -0.2) is 8.78 Å². The van der Waals surface area contributed by atoms with E-state index in [0.717, 1.165) is 6.07 Å². The molecule has 7 rings (SSSR count). The number of piperidine rings is 1. The molecule has 2 N–H and O–H groups in total. The van der Waals surface area contributed by atoms with Gasteiger partial charge in [-0.3, -0.25) is 14.9 Å². The SMILES string of the molecule is C[C@@H]1[C@@H](Nc2nnc(C34CC(C(F)(F)F)(C3)C4)o2)CN1c1cc(F)c([C@H]2CCC(=O)NC2=O)c(F)c1Cl. The molecule has 3 saturated carbocycles. The van der Waals surface area contributed by atoms with Crippen molar-refractivity contribution in [1.82, 2.24) is 15.5 Å². The van der Waals surface area contributed by atoms with Crippen LogP contribution in [0.3, 0.4) is 0 Å². The maximum atomic E-state index is 15.1. The number of amides is 2. The number of nitrogens with zero attached hydrogens (tertiary/aromatic N) is 3. The van der Waals surface area contributed by atoms with Crippen molar-refractivity contribution in [2.24, 2.45) is 5.41 Å². The summed E-state index contributed by atoms with van der Waals surface area (Å²) in [5.74, 6) is -4.24. The fourth-order valence-electron chi connectivity index (χ4n) is 6.16. The van der Waals surface area contributed by atoms with Crippen LogP contribution < -0.4 is 15.5 Å². The molecule has 14 heteroatoms. The van der Waals surface area contributed by atoms with Crippen molar-refractivity contribution in [2.45, 2.75) is 68.6 Å². The first-order valence-corrected chi connectivity index (χ1v) is 12.2. The second kappa shape index (κ2) is 7.78. The lowest BCUT2D eigenvalue weighted by Gasteiger charge is -2.68. The highest BCUT2D eigenvalue weighted by molar-refractivity contribution is 6.33. The van der Waals surface area contributed by atoms with E-state index in [0.29, 0.717) is 0 Å². The lowest BCUT2D eigenvalue weighted by molar-refractivity contribution is -0.340. The first kappa shape index (κ1) is 24.4. The van der Waals surface area contributed by atoms with Gasteiger partial charge in [0.1, 0.15) is 10.8 Å². The number of alkyl halides is 3. The van der Waals surface area contributed by atoms with Gasteiger partial charge in [-0.15, -0.1) is 5.10 Å². The lowest BCUT2D eigenvalue weighted by atomic mass is 9.34. The predicted molar refractivity (Wildman–Crippen MR) is 119 cm³/mol. The molecule has 2 saturated heterocycles. The van der Waals surface area contributed by atoms with E-state index in [9.17, 15) is 27.2 Å². The maximum Gasteiger partial charge on any atom is 0.394 e. The zero-order valence-corrected chi connectivity index (χ0v) is 20.1. The predicted octanol–water partition coefficient (Wildman–Crippen LogP) is 4.19. The number of benzene rings is 1. The van der Waals surface area contributed by atoms with Crippen LogP contribution in [0.25, 0.3) is 0 Å². The summed E-state index contributed by atoms with van der Waals surface area (Å²) in [6, 6.07) is 0.562. The van der Waals surface area contributed by atoms with Crippen molar-refractivity contribution >= 4 is 35.1 Å². The Morgan fingerprint density at radius 3 is 2.54 bits per heavy atom. The maximum absolute atomic E-state index is 15.1. The van der Waals surface area contributed by atoms with E-state index in [4.69, 9.17) is 16.0 Å². The van der Waals surface area contributed by atoms with Gasteiger partial charge in [-0.05, 0) is 38.7 Å². The van der Waals surface area contributed by atoms with Gasteiger partial charge in [0.25, 0.3) is 0 Å². The molecule has 3 aliphatic carbocycles. The number of carbonyl (C=O) groups is 2. The van der Waals surface area contributed by atoms with Gasteiger partial charge in [-0.1, -0.05) is 16.7 Å². The van der Waals surface area contributed by atoms with Crippen molar-refractivity contribution in [3.05, 3.63) is 34.2 Å². The number of aromatic nitrogens is 2. The summed E-state index contributed by atoms with van der Waals surface area (Å²) in [5.41, 5.74) is -2.71. The number of halogens is 6. The molecule has 5 aliphatic rings. The van der Waals surface area contributed by atoms with Gasteiger partial charge in [0.05, 0.1) is 28.5 Å². The zero-order chi connectivity index (χ0) is 26.5. The largest absolute Gasteiger partial charge is 0.408 e. The Bertz CT molecular complexity index is 1310. The monoisotopic (exact) mass is 545 g/mol. The third-order valence-corrected chi connectivity index (χ3v) is 8.72. The molecule has 3 heterocycles. The van der Waals surface area contributed by atoms with Gasteiger partial charge < -0.3 is 14.6 Å². The van der Waals surface area contributed by atoms with E-state index < -0.39 is 51.9 Å². The van der Waals surface area contributed by atoms with Crippen LogP contribution in [0.4, 0.5) is 33.7 Å². The van der Waals surface area contributed by atoms with Crippen molar-refractivity contribution in [3.63, 3.8) is 0 Å². The summed E-state index contributed by atoms with van der Waals surface area (Å²) in [5, 5.41) is 12.6. The summed E-state index contributed by atoms with van der Waals surface area (Å²) in [6.07, 6.45) is -4.45. The molecule has 2 amide bonds. The van der Waals surface area contributed by atoms with Crippen LogP contribution in [0.2, 0.25) is 5.02 Å². The van der Waals surface area contributed by atoms with Crippen molar-refractivity contribution in [3.8, 4) is 0 Å². The Kier molecular flexibility index (Phi) is 5.12. The molecule has 0 spiro atoms. The average Bonchev–Trinajstić information content (AvgIpc) is 3.20. The normalized spacial score (nSPS) is 32.8. The van der Waals surface area contributed by atoms with Crippen LogP contribution in [0, 0.1) is 17.0 Å². The highest BCUT2D eigenvalue weighted by Crippen LogP contribution is 2.78. The highest BCUT2D eigenvalue weighted by Gasteiger charge is 2.80. The second-order valence-electron chi connectivity index (χ2n) is 10.6. The molecule has 1 aromatic carbocycles. The Hall–Kier alpha value is -2.96. The van der Waals surface area contributed by atoms with E-state index in [-0.39, 0.29) is 73.3 Å². The number of hydrogen-bond donors (Lipinski definition) is 2. The number of anilines is 2. The summed E-state index contributed by atoms with van der Waals surface area (Å²) < 4.78 is 75.1. The van der Waals surface area contributed by atoms with Gasteiger partial charge >= 0.3 is 12.2 Å². The van der Waals surface area contributed by atoms with Gasteiger partial charge in [0, 0.05) is 24.6 Å². The molecule has 0 radical (unpaired) electrons. The van der Waals surface area contributed by atoms with Crippen LogP contribution in [-0.2, 0) is 15.0 Å². The fraction of sp³-hybridized carbons (Fsp3) is 0.565. The molecule has 1 aromatic heterocycles. The summed E-state index contributed by atoms with van der Waals surface area (Å²) in [6.45, 7) is 2.06. The van der Waals surface area contributed by atoms with Gasteiger partial charge in [-0.2, -0.15) is 13.2 Å². The molecule has 5 fully saturated rings. The number of carbonyl (C=O) groups excluding carboxylic acids is 2. The number of rotatable bonds is 5. The lowest BCUT2D eigenvalue weighted by Crippen LogP contribution is -2.70. The topological polar surface area (TPSA) is 100 Å². The zero-order valence-electron chi connectivity index (χ0n) is 19.4. The van der Waals surface area contributed by atoms with Gasteiger partial charge in [0.15, 0.2) is 5.82 Å². The molecule has 0 unspecified atom stereocenters. The van der Waals surface area contributed by atoms with E-state index in [2.05, 4.69) is 20.8 Å². The summed E-state index contributed by atoms with van der Waals surface area (Å²) >= 11 is 6.25. The van der Waals surface area contributed by atoms with E-state index >= 15 is 4.39 Å². The number of nitrogens with one attached hydrogen (secondary N) is 2. The first-order valence-electron chi connectivity index (χ1n) is 11.8. The molecule has 8 nitrogen and oxygen atoms in total. The number of hydrogen-bond acceptors (Lipinski definition) is 7. The number of imide groups is 1.